The maximum Gasteiger partial charge on any atom is 0.163 e. The Morgan fingerprint density at radius 1 is 0.742 bits per heavy atom. The molecule has 6 heteroatoms. The number of para-hydroxylation sites is 2. The maximum atomic E-state index is 13.6. The zero-order chi connectivity index (χ0) is 21.5. The Balaban J connectivity index is 1.65. The Bertz CT molecular complexity index is 1220. The molecule has 0 aromatic heterocycles. The second-order valence-corrected chi connectivity index (χ2v) is 9.03. The van der Waals surface area contributed by atoms with Crippen molar-refractivity contribution in [1.82, 2.24) is 0 Å². The van der Waals surface area contributed by atoms with Crippen molar-refractivity contribution in [1.29, 1.82) is 0 Å². The molecule has 0 spiro atoms. The zero-order valence-electron chi connectivity index (χ0n) is 16.5. The molecule has 2 atom stereocenters. The van der Waals surface area contributed by atoms with Gasteiger partial charge in [-0.25, -0.2) is 0 Å². The average molecular weight is 470 g/mol. The lowest BCUT2D eigenvalue weighted by Gasteiger charge is -2.30. The number of anilines is 2. The summed E-state index contributed by atoms with van der Waals surface area (Å²) >= 11 is 19.4. The number of allylic oxidation sites excluding steroid dienone is 1. The van der Waals surface area contributed by atoms with Gasteiger partial charge in [-0.2, -0.15) is 0 Å². The van der Waals surface area contributed by atoms with E-state index in [4.69, 9.17) is 34.8 Å². The predicted octanol–water partition coefficient (Wildman–Crippen LogP) is 7.63. The summed E-state index contributed by atoms with van der Waals surface area (Å²) in [6.07, 6.45) is 1.06. The molecule has 0 amide bonds. The minimum atomic E-state index is -0.406. The fourth-order valence-electron chi connectivity index (χ4n) is 4.50. The maximum absolute atomic E-state index is 13.6. The number of ketones is 1. The fourth-order valence-corrected chi connectivity index (χ4v) is 5.20. The Kier molecular flexibility index (Phi) is 5.43. The molecule has 0 saturated heterocycles. The van der Waals surface area contributed by atoms with Crippen LogP contribution in [0.2, 0.25) is 15.1 Å². The quantitative estimate of drug-likeness (QED) is 0.405. The summed E-state index contributed by atoms with van der Waals surface area (Å²) in [5, 5.41) is 8.65. The van der Waals surface area contributed by atoms with Crippen LogP contribution in [0.15, 0.2) is 78.0 Å². The number of hydrogen-bond acceptors (Lipinski definition) is 3. The normalized spacial score (nSPS) is 20.3. The van der Waals surface area contributed by atoms with Gasteiger partial charge >= 0.3 is 0 Å². The first-order valence-electron chi connectivity index (χ1n) is 10.1. The first kappa shape index (κ1) is 20.4. The zero-order valence-corrected chi connectivity index (χ0v) is 18.7. The molecule has 0 bridgehead atoms. The number of rotatable bonds is 2. The van der Waals surface area contributed by atoms with Crippen molar-refractivity contribution in [3.63, 3.8) is 0 Å². The molecule has 1 aliphatic carbocycles. The van der Waals surface area contributed by atoms with Crippen LogP contribution in [0.3, 0.4) is 0 Å². The molecule has 2 N–H and O–H groups in total. The van der Waals surface area contributed by atoms with Crippen LogP contribution < -0.4 is 10.6 Å². The van der Waals surface area contributed by atoms with Crippen molar-refractivity contribution in [2.24, 2.45) is 0 Å². The van der Waals surface area contributed by atoms with E-state index < -0.39 is 6.04 Å². The highest BCUT2D eigenvalue weighted by molar-refractivity contribution is 6.42. The van der Waals surface area contributed by atoms with E-state index in [1.807, 2.05) is 60.7 Å². The number of fused-ring (bicyclic) bond motifs is 1. The second-order valence-electron chi connectivity index (χ2n) is 7.83. The largest absolute Gasteiger partial charge is 0.372 e. The van der Waals surface area contributed by atoms with Gasteiger partial charge in [0.1, 0.15) is 0 Å². The van der Waals surface area contributed by atoms with Crippen molar-refractivity contribution in [2.45, 2.75) is 24.8 Å². The molecule has 2 unspecified atom stereocenters. The molecule has 0 saturated carbocycles. The Labute approximate surface area is 196 Å². The van der Waals surface area contributed by atoms with Crippen LogP contribution in [0.25, 0.3) is 0 Å². The van der Waals surface area contributed by atoms with Gasteiger partial charge in [-0.3, -0.25) is 4.79 Å². The van der Waals surface area contributed by atoms with Crippen molar-refractivity contribution in [3.05, 3.63) is 104 Å². The van der Waals surface area contributed by atoms with Gasteiger partial charge in [-0.05, 0) is 47.7 Å². The van der Waals surface area contributed by atoms with Crippen LogP contribution in [-0.4, -0.2) is 5.78 Å². The molecule has 5 rings (SSSR count). The standard InChI is InChI=1S/C25H19Cl3N2O/c26-17-8-2-1-6-15(17)14-12-21-23(22(31)13-14)25(16-7-5-9-18(27)24(16)28)30-20-11-4-3-10-19(20)29-21/h1-11,14,25,29-30H,12-13H2. The monoisotopic (exact) mass is 468 g/mol. The van der Waals surface area contributed by atoms with E-state index in [2.05, 4.69) is 10.6 Å². The van der Waals surface area contributed by atoms with E-state index in [1.54, 1.807) is 6.07 Å². The summed E-state index contributed by atoms with van der Waals surface area (Å²) in [6.45, 7) is 0. The predicted molar refractivity (Wildman–Crippen MR) is 128 cm³/mol. The van der Waals surface area contributed by atoms with Gasteiger partial charge in [0.05, 0.1) is 27.5 Å². The highest BCUT2D eigenvalue weighted by Gasteiger charge is 2.37. The fraction of sp³-hybridized carbons (Fsp3) is 0.160. The van der Waals surface area contributed by atoms with Gasteiger partial charge in [0.2, 0.25) is 0 Å². The van der Waals surface area contributed by atoms with Crippen LogP contribution in [0, 0.1) is 0 Å². The van der Waals surface area contributed by atoms with E-state index in [0.717, 1.165) is 28.2 Å². The molecular weight excluding hydrogens is 451 g/mol. The summed E-state index contributed by atoms with van der Waals surface area (Å²) in [7, 11) is 0. The highest BCUT2D eigenvalue weighted by atomic mass is 35.5. The minimum absolute atomic E-state index is 0.00759. The smallest absolute Gasteiger partial charge is 0.163 e. The van der Waals surface area contributed by atoms with Crippen molar-refractivity contribution >= 4 is 52.0 Å². The summed E-state index contributed by atoms with van der Waals surface area (Å²) in [5.74, 6) is 0.0770. The van der Waals surface area contributed by atoms with Gasteiger partial charge in [0.15, 0.2) is 5.78 Å². The van der Waals surface area contributed by atoms with Crippen LogP contribution in [0.5, 0.6) is 0 Å². The molecule has 1 heterocycles. The third-order valence-corrected chi connectivity index (χ3v) is 7.12. The number of carbonyl (C=O) groups is 1. The van der Waals surface area contributed by atoms with Crippen molar-refractivity contribution < 1.29 is 4.79 Å². The molecular formula is C25H19Cl3N2O. The van der Waals surface area contributed by atoms with Gasteiger partial charge in [-0.1, -0.05) is 77.3 Å². The molecule has 3 nitrogen and oxygen atoms in total. The molecule has 31 heavy (non-hydrogen) atoms. The molecule has 3 aromatic carbocycles. The highest BCUT2D eigenvalue weighted by Crippen LogP contribution is 2.46. The van der Waals surface area contributed by atoms with Crippen molar-refractivity contribution in [2.75, 3.05) is 10.6 Å². The number of benzene rings is 3. The summed E-state index contributed by atoms with van der Waals surface area (Å²) in [5.41, 5.74) is 5.19. The van der Waals surface area contributed by atoms with E-state index in [-0.39, 0.29) is 11.7 Å². The molecule has 1 aliphatic heterocycles. The number of halogens is 3. The number of nitrogens with one attached hydrogen (secondary N) is 2. The molecule has 0 radical (unpaired) electrons. The number of Topliss-reactive ketones (excluding diaryl/α,β-unsaturated/α-hetero) is 1. The molecule has 0 fully saturated rings. The minimum Gasteiger partial charge on any atom is -0.372 e. The Morgan fingerprint density at radius 3 is 2.23 bits per heavy atom. The molecule has 156 valence electrons. The van der Waals surface area contributed by atoms with Gasteiger partial charge in [0.25, 0.3) is 0 Å². The van der Waals surface area contributed by atoms with Crippen LogP contribution in [0.4, 0.5) is 11.4 Å². The SMILES string of the molecule is O=C1CC(c2ccccc2Cl)CC2=C1C(c1cccc(Cl)c1Cl)Nc1ccccc1N2. The van der Waals surface area contributed by atoms with Crippen LogP contribution in [-0.2, 0) is 4.79 Å². The number of hydrogen-bond donors (Lipinski definition) is 2. The third-order valence-electron chi connectivity index (χ3n) is 5.95. The van der Waals surface area contributed by atoms with Gasteiger partial charge in [0, 0.05) is 22.7 Å². The average Bonchev–Trinajstić information content (AvgIpc) is 2.92. The van der Waals surface area contributed by atoms with E-state index in [0.29, 0.717) is 33.5 Å². The lowest BCUT2D eigenvalue weighted by molar-refractivity contribution is -0.116. The molecule has 2 aliphatic rings. The third kappa shape index (κ3) is 3.71. The van der Waals surface area contributed by atoms with E-state index >= 15 is 0 Å². The van der Waals surface area contributed by atoms with E-state index in [9.17, 15) is 4.79 Å². The first-order chi connectivity index (χ1) is 15.0. The Hall–Kier alpha value is -2.46. The van der Waals surface area contributed by atoms with Crippen molar-refractivity contribution in [3.8, 4) is 0 Å². The summed E-state index contributed by atoms with van der Waals surface area (Å²) < 4.78 is 0. The van der Waals surface area contributed by atoms with E-state index in [1.165, 1.54) is 0 Å². The Morgan fingerprint density at radius 2 is 1.42 bits per heavy atom. The lowest BCUT2D eigenvalue weighted by atomic mass is 9.78. The summed E-state index contributed by atoms with van der Waals surface area (Å²) in [4.78, 5) is 13.6. The summed E-state index contributed by atoms with van der Waals surface area (Å²) in [6, 6.07) is 20.8. The van der Waals surface area contributed by atoms with Gasteiger partial charge in [-0.15, -0.1) is 0 Å². The second kappa shape index (κ2) is 8.23. The lowest BCUT2D eigenvalue weighted by Crippen LogP contribution is -2.27. The first-order valence-corrected chi connectivity index (χ1v) is 11.2. The van der Waals surface area contributed by atoms with Crippen LogP contribution >= 0.6 is 34.8 Å². The van der Waals surface area contributed by atoms with Crippen LogP contribution in [0.1, 0.15) is 35.9 Å². The molecule has 3 aromatic rings. The van der Waals surface area contributed by atoms with Gasteiger partial charge < -0.3 is 10.6 Å². The topological polar surface area (TPSA) is 41.1 Å². The number of carbonyl (C=O) groups excluding carboxylic acids is 1.